The Morgan fingerprint density at radius 2 is 1.76 bits per heavy atom. The van der Waals surface area contributed by atoms with E-state index in [-0.39, 0.29) is 23.0 Å². The van der Waals surface area contributed by atoms with Gasteiger partial charge in [-0.05, 0) is 55.2 Å². The van der Waals surface area contributed by atoms with Gasteiger partial charge in [0, 0.05) is 13.1 Å². The lowest BCUT2D eigenvalue weighted by Crippen LogP contribution is -2.45. The highest BCUT2D eigenvalue weighted by atomic mass is 32.2. The van der Waals surface area contributed by atoms with Gasteiger partial charge in [-0.2, -0.15) is 0 Å². The smallest absolute Gasteiger partial charge is 0.264 e. The number of hydrogen-bond acceptors (Lipinski definition) is 4. The first-order valence-electron chi connectivity index (χ1n) is 9.52. The van der Waals surface area contributed by atoms with Crippen LogP contribution in [0.25, 0.3) is 0 Å². The summed E-state index contributed by atoms with van der Waals surface area (Å²) in [7, 11) is -2.67. The molecule has 1 aliphatic rings. The van der Waals surface area contributed by atoms with Crippen molar-refractivity contribution in [2.24, 2.45) is 5.92 Å². The van der Waals surface area contributed by atoms with E-state index in [9.17, 15) is 17.6 Å². The molecule has 8 heteroatoms. The summed E-state index contributed by atoms with van der Waals surface area (Å²) < 4.78 is 46.4. The second kappa shape index (κ2) is 8.82. The first-order chi connectivity index (χ1) is 13.8. The highest BCUT2D eigenvalue weighted by molar-refractivity contribution is 7.92. The summed E-state index contributed by atoms with van der Waals surface area (Å²) in [5, 5.41) is 0. The zero-order valence-corrected chi connectivity index (χ0v) is 17.4. The first-order valence-corrected chi connectivity index (χ1v) is 11.0. The van der Waals surface area contributed by atoms with Crippen molar-refractivity contribution in [3.05, 3.63) is 54.3 Å². The molecule has 2 aromatic carbocycles. The summed E-state index contributed by atoms with van der Waals surface area (Å²) in [6, 6.07) is 11.2. The van der Waals surface area contributed by atoms with Crippen molar-refractivity contribution in [1.82, 2.24) is 4.90 Å². The maximum absolute atomic E-state index is 13.4. The molecule has 0 atom stereocenters. The highest BCUT2D eigenvalue weighted by Crippen LogP contribution is 2.32. The number of benzene rings is 2. The third-order valence-electron chi connectivity index (χ3n) is 5.17. The minimum Gasteiger partial charge on any atom is -0.495 e. The van der Waals surface area contributed by atoms with E-state index in [1.807, 2.05) is 0 Å². The van der Waals surface area contributed by atoms with Crippen LogP contribution < -0.4 is 9.04 Å². The summed E-state index contributed by atoms with van der Waals surface area (Å²) >= 11 is 0. The summed E-state index contributed by atoms with van der Waals surface area (Å²) in [6.45, 7) is 3.00. The lowest BCUT2D eigenvalue weighted by molar-refractivity contribution is -0.130. The quantitative estimate of drug-likeness (QED) is 0.719. The lowest BCUT2D eigenvalue weighted by Gasteiger charge is -2.33. The zero-order chi connectivity index (χ0) is 21.0. The van der Waals surface area contributed by atoms with Crippen LogP contribution in [0.3, 0.4) is 0 Å². The molecule has 2 aromatic rings. The number of piperidine rings is 1. The molecule has 0 aromatic heterocycles. The highest BCUT2D eigenvalue weighted by Gasteiger charge is 2.31. The molecule has 0 saturated carbocycles. The zero-order valence-electron chi connectivity index (χ0n) is 16.5. The largest absolute Gasteiger partial charge is 0.495 e. The van der Waals surface area contributed by atoms with Gasteiger partial charge in [-0.15, -0.1) is 0 Å². The van der Waals surface area contributed by atoms with E-state index < -0.39 is 15.8 Å². The standard InChI is InChI=1S/C21H25FN2O4S/c1-16-11-13-23(14-12-16)21(25)15-24(19-5-3-4-6-20(19)28-2)29(26,27)18-9-7-17(22)8-10-18/h3-10,16H,11-15H2,1-2H3. The molecule has 0 unspecified atom stereocenters. The number of anilines is 1. The van der Waals surface area contributed by atoms with E-state index in [0.717, 1.165) is 29.3 Å². The number of nitrogens with zero attached hydrogens (tertiary/aromatic N) is 2. The van der Waals surface area contributed by atoms with Crippen molar-refractivity contribution in [2.75, 3.05) is 31.0 Å². The molecule has 6 nitrogen and oxygen atoms in total. The minimum atomic E-state index is -4.11. The van der Waals surface area contributed by atoms with Crippen molar-refractivity contribution in [3.8, 4) is 5.75 Å². The maximum atomic E-state index is 13.4. The Kier molecular flexibility index (Phi) is 6.42. The molecule has 1 aliphatic heterocycles. The summed E-state index contributed by atoms with van der Waals surface area (Å²) in [5.41, 5.74) is 0.262. The average Bonchev–Trinajstić information content (AvgIpc) is 2.72. The Bertz CT molecular complexity index is 955. The summed E-state index contributed by atoms with van der Waals surface area (Å²) in [5.74, 6) is 0.0744. The van der Waals surface area contributed by atoms with Crippen LogP contribution >= 0.6 is 0 Å². The van der Waals surface area contributed by atoms with E-state index in [0.29, 0.717) is 24.8 Å². The fourth-order valence-corrected chi connectivity index (χ4v) is 4.77. The second-order valence-corrected chi connectivity index (χ2v) is 9.06. The molecule has 1 heterocycles. The first kappa shape index (κ1) is 21.1. The van der Waals surface area contributed by atoms with Crippen LogP contribution in [0.2, 0.25) is 0 Å². The molecule has 0 radical (unpaired) electrons. The van der Waals surface area contributed by atoms with Gasteiger partial charge in [0.15, 0.2) is 0 Å². The number of rotatable bonds is 6. The number of carbonyl (C=O) groups excluding carboxylic acids is 1. The number of likely N-dealkylation sites (tertiary alicyclic amines) is 1. The van der Waals surface area contributed by atoms with Crippen molar-refractivity contribution in [3.63, 3.8) is 0 Å². The van der Waals surface area contributed by atoms with Crippen molar-refractivity contribution >= 4 is 21.6 Å². The van der Waals surface area contributed by atoms with Gasteiger partial charge in [0.25, 0.3) is 10.0 Å². The topological polar surface area (TPSA) is 66.9 Å². The van der Waals surface area contributed by atoms with Gasteiger partial charge in [0.2, 0.25) is 5.91 Å². The molecule has 156 valence electrons. The number of carbonyl (C=O) groups is 1. The Balaban J connectivity index is 1.98. The molecule has 0 spiro atoms. The number of ether oxygens (including phenoxy) is 1. The van der Waals surface area contributed by atoms with Crippen LogP contribution in [-0.2, 0) is 14.8 Å². The molecule has 3 rings (SSSR count). The fraction of sp³-hybridized carbons (Fsp3) is 0.381. The van der Waals surface area contributed by atoms with Gasteiger partial charge < -0.3 is 9.64 Å². The van der Waals surface area contributed by atoms with E-state index in [2.05, 4.69) is 6.92 Å². The summed E-state index contributed by atoms with van der Waals surface area (Å²) in [6.07, 6.45) is 1.79. The SMILES string of the molecule is COc1ccccc1N(CC(=O)N1CCC(C)CC1)S(=O)(=O)c1ccc(F)cc1. The number of sulfonamides is 1. The molecule has 1 fully saturated rings. The predicted molar refractivity (Wildman–Crippen MR) is 109 cm³/mol. The molecular weight excluding hydrogens is 395 g/mol. The van der Waals surface area contributed by atoms with Crippen LogP contribution in [0.5, 0.6) is 5.75 Å². The van der Waals surface area contributed by atoms with Gasteiger partial charge in [0.05, 0.1) is 17.7 Å². The molecule has 1 amide bonds. The average molecular weight is 421 g/mol. The van der Waals surface area contributed by atoms with Gasteiger partial charge in [-0.25, -0.2) is 12.8 Å². The Morgan fingerprint density at radius 3 is 2.38 bits per heavy atom. The molecule has 29 heavy (non-hydrogen) atoms. The van der Waals surface area contributed by atoms with Crippen LogP contribution in [0.15, 0.2) is 53.4 Å². The molecular formula is C21H25FN2O4S. The molecule has 1 saturated heterocycles. The number of para-hydroxylation sites is 2. The third-order valence-corrected chi connectivity index (χ3v) is 6.94. The Morgan fingerprint density at radius 1 is 1.14 bits per heavy atom. The second-order valence-electron chi connectivity index (χ2n) is 7.20. The van der Waals surface area contributed by atoms with E-state index in [1.165, 1.54) is 19.2 Å². The molecule has 0 bridgehead atoms. The van der Waals surface area contributed by atoms with E-state index >= 15 is 0 Å². The predicted octanol–water partition coefficient (Wildman–Crippen LogP) is 3.29. The summed E-state index contributed by atoms with van der Waals surface area (Å²) in [4.78, 5) is 14.5. The molecule has 0 aliphatic carbocycles. The fourth-order valence-electron chi connectivity index (χ4n) is 3.35. The Labute approximate surface area is 170 Å². The minimum absolute atomic E-state index is 0.0927. The van der Waals surface area contributed by atoms with Crippen LogP contribution in [-0.4, -0.2) is 46.0 Å². The van der Waals surface area contributed by atoms with Crippen LogP contribution in [0.4, 0.5) is 10.1 Å². The maximum Gasteiger partial charge on any atom is 0.264 e. The van der Waals surface area contributed by atoms with Crippen LogP contribution in [0.1, 0.15) is 19.8 Å². The van der Waals surface area contributed by atoms with Gasteiger partial charge in [0.1, 0.15) is 18.1 Å². The van der Waals surface area contributed by atoms with Gasteiger partial charge in [-0.1, -0.05) is 19.1 Å². The van der Waals surface area contributed by atoms with E-state index in [4.69, 9.17) is 4.74 Å². The van der Waals surface area contributed by atoms with Crippen molar-refractivity contribution in [2.45, 2.75) is 24.7 Å². The number of methoxy groups -OCH3 is 1. The molecule has 0 N–H and O–H groups in total. The monoisotopic (exact) mass is 420 g/mol. The lowest BCUT2D eigenvalue weighted by atomic mass is 9.99. The van der Waals surface area contributed by atoms with Crippen molar-refractivity contribution < 1.29 is 22.3 Å². The van der Waals surface area contributed by atoms with Gasteiger partial charge >= 0.3 is 0 Å². The Hall–Kier alpha value is -2.61. The van der Waals surface area contributed by atoms with Gasteiger partial charge in [-0.3, -0.25) is 9.10 Å². The van der Waals surface area contributed by atoms with Crippen LogP contribution in [0, 0.1) is 11.7 Å². The number of halogens is 1. The van der Waals surface area contributed by atoms with Crippen molar-refractivity contribution in [1.29, 1.82) is 0 Å². The van der Waals surface area contributed by atoms with E-state index in [1.54, 1.807) is 29.2 Å². The normalized spacial score (nSPS) is 15.2. The number of hydrogen-bond donors (Lipinski definition) is 0. The third kappa shape index (κ3) is 4.70. The number of amides is 1.